The highest BCUT2D eigenvalue weighted by Gasteiger charge is 2.75. The van der Waals surface area contributed by atoms with E-state index in [4.69, 9.17) is 9.47 Å². The summed E-state index contributed by atoms with van der Waals surface area (Å²) in [4.78, 5) is 35.7. The molecule has 3 saturated carbocycles. The molecule has 0 radical (unpaired) electrons. The molecule has 5 rings (SSSR count). The Morgan fingerprint density at radius 3 is 2.50 bits per heavy atom. The predicted molar refractivity (Wildman–Crippen MR) is 60.8 cm³/mol. The Hall–Kier alpha value is -1.59. The van der Waals surface area contributed by atoms with E-state index in [1.54, 1.807) is 0 Å². The summed E-state index contributed by atoms with van der Waals surface area (Å²) in [5, 5.41) is 9.44. The second-order valence-corrected chi connectivity index (χ2v) is 6.86. The quantitative estimate of drug-likeness (QED) is 0.692. The fourth-order valence-electron chi connectivity index (χ4n) is 6.07. The lowest BCUT2D eigenvalue weighted by atomic mass is 9.80. The van der Waals surface area contributed by atoms with E-state index in [0.29, 0.717) is 6.42 Å². The van der Waals surface area contributed by atoms with Crippen molar-refractivity contribution in [2.75, 3.05) is 0 Å². The molecule has 0 spiro atoms. The highest BCUT2D eigenvalue weighted by Crippen LogP contribution is 2.70. The Balaban J connectivity index is 1.66. The first-order chi connectivity index (χ1) is 9.58. The standard InChI is InChI=1S/C14H14O6/c15-11(16)4-1-3-2-5-8-6(3)7(4)9-10(8)14(19-12(5)17)20-13(9)18/h3-10,14H,1-2H2,(H,15,16)/t3?,4-,5+,6?,7?,8?,9-,10+,14?/m1/s1. The van der Waals surface area contributed by atoms with Crippen molar-refractivity contribution < 1.29 is 29.0 Å². The molecular weight excluding hydrogens is 264 g/mol. The van der Waals surface area contributed by atoms with E-state index in [1.165, 1.54) is 0 Å². The zero-order valence-corrected chi connectivity index (χ0v) is 10.6. The molecule has 1 N–H and O–H groups in total. The van der Waals surface area contributed by atoms with Crippen LogP contribution in [0.2, 0.25) is 0 Å². The van der Waals surface area contributed by atoms with Crippen molar-refractivity contribution in [3.63, 3.8) is 0 Å². The molecule has 0 amide bonds. The minimum Gasteiger partial charge on any atom is -0.481 e. The Labute approximate surface area is 114 Å². The molecule has 20 heavy (non-hydrogen) atoms. The third-order valence-electron chi connectivity index (χ3n) is 6.42. The second kappa shape index (κ2) is 3.18. The van der Waals surface area contributed by atoms with Crippen LogP contribution in [0.25, 0.3) is 0 Å². The topological polar surface area (TPSA) is 89.9 Å². The molecule has 0 bridgehead atoms. The van der Waals surface area contributed by atoms with Crippen LogP contribution in [-0.4, -0.2) is 29.3 Å². The summed E-state index contributed by atoms with van der Waals surface area (Å²) in [6, 6.07) is 0. The van der Waals surface area contributed by atoms with Crippen LogP contribution in [0.4, 0.5) is 0 Å². The lowest BCUT2D eigenvalue weighted by Gasteiger charge is -2.32. The van der Waals surface area contributed by atoms with Crippen LogP contribution in [0, 0.1) is 47.3 Å². The maximum absolute atomic E-state index is 12.1. The van der Waals surface area contributed by atoms with E-state index in [0.717, 1.165) is 6.42 Å². The van der Waals surface area contributed by atoms with Crippen molar-refractivity contribution in [3.05, 3.63) is 0 Å². The van der Waals surface area contributed by atoms with E-state index < -0.39 is 18.2 Å². The van der Waals surface area contributed by atoms with Gasteiger partial charge in [0.15, 0.2) is 0 Å². The highest BCUT2D eigenvalue weighted by molar-refractivity contribution is 5.82. The number of carboxylic acids is 1. The summed E-state index contributed by atoms with van der Waals surface area (Å²) in [6.07, 6.45) is 0.546. The first kappa shape index (κ1) is 11.1. The van der Waals surface area contributed by atoms with Gasteiger partial charge in [-0.05, 0) is 36.5 Å². The molecule has 6 nitrogen and oxygen atoms in total. The van der Waals surface area contributed by atoms with Crippen molar-refractivity contribution in [2.45, 2.75) is 19.1 Å². The molecule has 5 unspecified atom stereocenters. The summed E-state index contributed by atoms with van der Waals surface area (Å²) in [5.41, 5.74) is 0. The number of hydrogen-bond donors (Lipinski definition) is 1. The van der Waals surface area contributed by atoms with Gasteiger partial charge in [-0.3, -0.25) is 14.4 Å². The van der Waals surface area contributed by atoms with Gasteiger partial charge < -0.3 is 14.6 Å². The Morgan fingerprint density at radius 1 is 1.00 bits per heavy atom. The van der Waals surface area contributed by atoms with E-state index in [-0.39, 0.29) is 53.4 Å². The molecule has 5 aliphatic rings. The fraction of sp³-hybridized carbons (Fsp3) is 0.786. The number of carboxylic acid groups (broad SMARTS) is 1. The van der Waals surface area contributed by atoms with Gasteiger partial charge in [-0.1, -0.05) is 0 Å². The molecule has 106 valence electrons. The van der Waals surface area contributed by atoms with Gasteiger partial charge in [-0.25, -0.2) is 0 Å². The van der Waals surface area contributed by atoms with E-state index in [1.807, 2.05) is 0 Å². The average Bonchev–Trinajstić information content (AvgIpc) is 3.03. The molecule has 6 heteroatoms. The first-order valence-electron chi connectivity index (χ1n) is 7.21. The molecule has 5 fully saturated rings. The van der Waals surface area contributed by atoms with E-state index in [2.05, 4.69) is 0 Å². The Kier molecular flexibility index (Phi) is 1.77. The third-order valence-corrected chi connectivity index (χ3v) is 6.42. The first-order valence-corrected chi connectivity index (χ1v) is 7.21. The van der Waals surface area contributed by atoms with Gasteiger partial charge >= 0.3 is 17.9 Å². The van der Waals surface area contributed by atoms with Crippen LogP contribution in [0.1, 0.15) is 12.8 Å². The SMILES string of the molecule is O=C1OC2OC(=O)[C@@H]3C4C5C(C[C@H]1C5[C@H]23)C[C@H]4C(=O)O. The Morgan fingerprint density at radius 2 is 1.75 bits per heavy atom. The third kappa shape index (κ3) is 1.00. The summed E-state index contributed by atoms with van der Waals surface area (Å²) < 4.78 is 10.5. The van der Waals surface area contributed by atoms with Crippen molar-refractivity contribution in [1.82, 2.24) is 0 Å². The number of aliphatic carboxylic acids is 1. The van der Waals surface area contributed by atoms with Crippen LogP contribution in [0.15, 0.2) is 0 Å². The van der Waals surface area contributed by atoms with Crippen LogP contribution in [-0.2, 0) is 23.9 Å². The zero-order chi connectivity index (χ0) is 13.8. The summed E-state index contributed by atoms with van der Waals surface area (Å²) >= 11 is 0. The molecule has 0 aromatic carbocycles. The van der Waals surface area contributed by atoms with Gasteiger partial charge in [0.05, 0.1) is 23.7 Å². The monoisotopic (exact) mass is 278 g/mol. The lowest BCUT2D eigenvalue weighted by molar-refractivity contribution is -0.201. The number of rotatable bonds is 1. The molecule has 2 aliphatic heterocycles. The lowest BCUT2D eigenvalue weighted by Crippen LogP contribution is -2.41. The van der Waals surface area contributed by atoms with Gasteiger partial charge in [-0.15, -0.1) is 0 Å². The number of ether oxygens (including phenoxy) is 2. The van der Waals surface area contributed by atoms with Gasteiger partial charge in [0.1, 0.15) is 0 Å². The van der Waals surface area contributed by atoms with E-state index >= 15 is 0 Å². The fourth-order valence-corrected chi connectivity index (χ4v) is 6.07. The smallest absolute Gasteiger partial charge is 0.312 e. The van der Waals surface area contributed by atoms with Gasteiger partial charge in [0, 0.05) is 0 Å². The second-order valence-electron chi connectivity index (χ2n) is 6.86. The number of fused-ring (bicyclic) bond motifs is 1. The average molecular weight is 278 g/mol. The molecule has 3 aliphatic carbocycles. The zero-order valence-electron chi connectivity index (χ0n) is 10.6. The maximum atomic E-state index is 12.1. The normalized spacial score (nSPS) is 57.5. The maximum Gasteiger partial charge on any atom is 0.312 e. The molecule has 2 heterocycles. The van der Waals surface area contributed by atoms with Crippen molar-refractivity contribution >= 4 is 17.9 Å². The van der Waals surface area contributed by atoms with E-state index in [9.17, 15) is 19.5 Å². The molecule has 0 aromatic rings. The summed E-state index contributed by atoms with van der Waals surface area (Å²) in [5.74, 6) is -2.16. The number of carbonyl (C=O) groups is 3. The highest BCUT2D eigenvalue weighted by atomic mass is 16.7. The summed E-state index contributed by atoms with van der Waals surface area (Å²) in [6.45, 7) is 0. The number of carbonyl (C=O) groups excluding carboxylic acids is 2. The van der Waals surface area contributed by atoms with Crippen molar-refractivity contribution in [2.24, 2.45) is 47.3 Å². The summed E-state index contributed by atoms with van der Waals surface area (Å²) in [7, 11) is 0. The Bertz CT molecular complexity index is 556. The van der Waals surface area contributed by atoms with Crippen molar-refractivity contribution in [3.8, 4) is 0 Å². The largest absolute Gasteiger partial charge is 0.481 e. The number of hydrogen-bond acceptors (Lipinski definition) is 5. The van der Waals surface area contributed by atoms with Crippen LogP contribution in [0.3, 0.4) is 0 Å². The van der Waals surface area contributed by atoms with Gasteiger partial charge in [0.25, 0.3) is 6.29 Å². The van der Waals surface area contributed by atoms with Crippen LogP contribution >= 0.6 is 0 Å². The minimum atomic E-state index is -0.817. The number of esters is 2. The van der Waals surface area contributed by atoms with Crippen LogP contribution in [0.5, 0.6) is 0 Å². The molecule has 2 saturated heterocycles. The van der Waals surface area contributed by atoms with Gasteiger partial charge in [0.2, 0.25) is 0 Å². The van der Waals surface area contributed by atoms with Crippen molar-refractivity contribution in [1.29, 1.82) is 0 Å². The molecule has 0 aromatic heterocycles. The molecule has 9 atom stereocenters. The van der Waals surface area contributed by atoms with Crippen LogP contribution < -0.4 is 0 Å². The molecular formula is C14H14O6. The minimum absolute atomic E-state index is 0.0945. The van der Waals surface area contributed by atoms with Gasteiger partial charge in [-0.2, -0.15) is 0 Å². The predicted octanol–water partition coefficient (Wildman–Crippen LogP) is 0.261.